The molecule has 0 unspecified atom stereocenters. The summed E-state index contributed by atoms with van der Waals surface area (Å²) >= 11 is 0. The maximum Gasteiger partial charge on any atom is 0.255 e. The average molecular weight is 352 g/mol. The fraction of sp³-hybridized carbons (Fsp3) is 0.200. The molecule has 1 heterocycles. The fourth-order valence-corrected chi connectivity index (χ4v) is 2.67. The van der Waals surface area contributed by atoms with Crippen molar-refractivity contribution in [3.63, 3.8) is 0 Å². The summed E-state index contributed by atoms with van der Waals surface area (Å²) in [6.07, 6.45) is 1.79. The van der Waals surface area contributed by atoms with Crippen molar-refractivity contribution >= 4 is 23.6 Å². The monoisotopic (exact) mass is 352 g/mol. The van der Waals surface area contributed by atoms with Crippen molar-refractivity contribution in [3.8, 4) is 11.5 Å². The number of carbonyl (C=O) groups is 2. The normalized spacial score (nSPS) is 12.3. The Labute approximate surface area is 151 Å². The number of rotatable bonds is 5. The Balaban J connectivity index is 1.79. The lowest BCUT2D eigenvalue weighted by Gasteiger charge is -2.20. The predicted molar refractivity (Wildman–Crippen MR) is 99.5 cm³/mol. The number of ether oxygens (including phenoxy) is 2. The first kappa shape index (κ1) is 17.5. The second-order valence-corrected chi connectivity index (χ2v) is 5.68. The third-order valence-electron chi connectivity index (χ3n) is 3.91. The molecule has 2 N–H and O–H groups in total. The van der Waals surface area contributed by atoms with Crippen LogP contribution in [0.2, 0.25) is 0 Å². The highest BCUT2D eigenvalue weighted by Crippen LogP contribution is 2.35. The van der Waals surface area contributed by atoms with Crippen molar-refractivity contribution in [1.29, 1.82) is 0 Å². The van der Waals surface area contributed by atoms with Gasteiger partial charge in [0.05, 0.1) is 12.2 Å². The van der Waals surface area contributed by atoms with E-state index >= 15 is 0 Å². The minimum absolute atomic E-state index is 0.151. The molecule has 0 saturated carbocycles. The van der Waals surface area contributed by atoms with Gasteiger partial charge in [0.2, 0.25) is 0 Å². The van der Waals surface area contributed by atoms with Gasteiger partial charge in [-0.15, -0.1) is 0 Å². The number of nitrogens with one attached hydrogen (secondary N) is 2. The molecule has 26 heavy (non-hydrogen) atoms. The number of carbonyl (C=O) groups excluding carboxylic acids is 2. The van der Waals surface area contributed by atoms with Gasteiger partial charge in [-0.25, -0.2) is 0 Å². The molecule has 0 radical (unpaired) electrons. The minimum atomic E-state index is -0.272. The topological polar surface area (TPSA) is 76.7 Å². The van der Waals surface area contributed by atoms with Gasteiger partial charge < -0.3 is 20.1 Å². The van der Waals surface area contributed by atoms with Crippen molar-refractivity contribution in [1.82, 2.24) is 5.32 Å². The molecule has 6 nitrogen and oxygen atoms in total. The fourth-order valence-electron chi connectivity index (χ4n) is 2.67. The molecule has 0 aromatic heterocycles. The Morgan fingerprint density at radius 2 is 1.96 bits per heavy atom. The Morgan fingerprint density at radius 1 is 1.15 bits per heavy atom. The maximum absolute atomic E-state index is 12.5. The lowest BCUT2D eigenvalue weighted by Crippen LogP contribution is -2.22. The maximum atomic E-state index is 12.5. The van der Waals surface area contributed by atoms with Crippen molar-refractivity contribution in [2.45, 2.75) is 6.92 Å². The van der Waals surface area contributed by atoms with E-state index in [0.717, 1.165) is 5.56 Å². The summed E-state index contributed by atoms with van der Waals surface area (Å²) in [5.41, 5.74) is 2.32. The van der Waals surface area contributed by atoms with E-state index in [-0.39, 0.29) is 18.4 Å². The van der Waals surface area contributed by atoms with E-state index in [0.29, 0.717) is 34.9 Å². The molecule has 0 fully saturated rings. The summed E-state index contributed by atoms with van der Waals surface area (Å²) in [5, 5.41) is 5.36. The van der Waals surface area contributed by atoms with Crippen LogP contribution in [0.3, 0.4) is 0 Å². The van der Waals surface area contributed by atoms with Crippen molar-refractivity contribution in [2.24, 2.45) is 0 Å². The second kappa shape index (κ2) is 7.74. The SMILES string of the molecule is CCOc1cccc2c1OCC(C(=O)Nc1cccc(C(=O)NC)c1)=C2. The zero-order valence-corrected chi connectivity index (χ0v) is 14.7. The van der Waals surface area contributed by atoms with Crippen LogP contribution in [0.25, 0.3) is 6.08 Å². The number of amides is 2. The third-order valence-corrected chi connectivity index (χ3v) is 3.91. The van der Waals surface area contributed by atoms with Crippen LogP contribution in [0.15, 0.2) is 48.0 Å². The van der Waals surface area contributed by atoms with Crippen molar-refractivity contribution < 1.29 is 19.1 Å². The number of benzene rings is 2. The van der Waals surface area contributed by atoms with Crippen LogP contribution >= 0.6 is 0 Å². The highest BCUT2D eigenvalue weighted by Gasteiger charge is 2.20. The smallest absolute Gasteiger partial charge is 0.255 e. The van der Waals surface area contributed by atoms with Crippen LogP contribution in [-0.4, -0.2) is 32.1 Å². The Kier molecular flexibility index (Phi) is 5.22. The second-order valence-electron chi connectivity index (χ2n) is 5.68. The first-order valence-electron chi connectivity index (χ1n) is 8.35. The molecule has 3 rings (SSSR count). The zero-order chi connectivity index (χ0) is 18.5. The van der Waals surface area contributed by atoms with E-state index in [2.05, 4.69) is 10.6 Å². The van der Waals surface area contributed by atoms with E-state index in [1.807, 2.05) is 25.1 Å². The summed E-state index contributed by atoms with van der Waals surface area (Å²) in [6.45, 7) is 2.60. The minimum Gasteiger partial charge on any atom is -0.490 e. The van der Waals surface area contributed by atoms with Crippen molar-refractivity contribution in [2.75, 3.05) is 25.6 Å². The Hall–Kier alpha value is -3.28. The summed E-state index contributed by atoms with van der Waals surface area (Å²) in [6, 6.07) is 12.3. The Morgan fingerprint density at radius 3 is 2.73 bits per heavy atom. The van der Waals surface area contributed by atoms with E-state index in [1.54, 1.807) is 37.4 Å². The zero-order valence-electron chi connectivity index (χ0n) is 14.7. The molecule has 2 aromatic carbocycles. The van der Waals surface area contributed by atoms with Crippen LogP contribution in [0, 0.1) is 0 Å². The van der Waals surface area contributed by atoms with E-state index in [1.165, 1.54) is 0 Å². The largest absolute Gasteiger partial charge is 0.490 e. The summed E-state index contributed by atoms with van der Waals surface area (Å²) in [7, 11) is 1.56. The van der Waals surface area contributed by atoms with Gasteiger partial charge in [0.1, 0.15) is 6.61 Å². The van der Waals surface area contributed by atoms with Gasteiger partial charge in [0.15, 0.2) is 11.5 Å². The van der Waals surface area contributed by atoms with E-state index in [9.17, 15) is 9.59 Å². The van der Waals surface area contributed by atoms with Gasteiger partial charge in [-0.3, -0.25) is 9.59 Å². The highest BCUT2D eigenvalue weighted by atomic mass is 16.5. The van der Waals surface area contributed by atoms with E-state index in [4.69, 9.17) is 9.47 Å². The number of anilines is 1. The van der Waals surface area contributed by atoms with Crippen LogP contribution in [-0.2, 0) is 4.79 Å². The first-order chi connectivity index (χ1) is 12.6. The molecule has 0 bridgehead atoms. The molecule has 1 aliphatic rings. The van der Waals surface area contributed by atoms with Gasteiger partial charge in [0, 0.05) is 23.9 Å². The van der Waals surface area contributed by atoms with Gasteiger partial charge in [-0.2, -0.15) is 0 Å². The average Bonchev–Trinajstić information content (AvgIpc) is 2.67. The van der Waals surface area contributed by atoms with Crippen molar-refractivity contribution in [3.05, 3.63) is 59.2 Å². The summed E-state index contributed by atoms with van der Waals surface area (Å²) in [5.74, 6) is 0.830. The van der Waals surface area contributed by atoms with Crippen LogP contribution in [0.4, 0.5) is 5.69 Å². The molecule has 2 aromatic rings. The first-order valence-corrected chi connectivity index (χ1v) is 8.35. The van der Waals surface area contributed by atoms with Crippen LogP contribution < -0.4 is 20.1 Å². The summed E-state index contributed by atoms with van der Waals surface area (Å²) in [4.78, 5) is 24.3. The summed E-state index contributed by atoms with van der Waals surface area (Å²) < 4.78 is 11.3. The molecule has 0 spiro atoms. The number of hydrogen-bond acceptors (Lipinski definition) is 4. The third kappa shape index (κ3) is 3.69. The molecule has 1 aliphatic heterocycles. The lowest BCUT2D eigenvalue weighted by atomic mass is 10.1. The molecule has 0 aliphatic carbocycles. The number of fused-ring (bicyclic) bond motifs is 1. The molecule has 2 amide bonds. The van der Waals surface area contributed by atoms with Crippen LogP contribution in [0.1, 0.15) is 22.8 Å². The molecular formula is C20H20N2O4. The van der Waals surface area contributed by atoms with Crippen LogP contribution in [0.5, 0.6) is 11.5 Å². The molecule has 0 atom stereocenters. The molecule has 134 valence electrons. The molecular weight excluding hydrogens is 332 g/mol. The highest BCUT2D eigenvalue weighted by molar-refractivity contribution is 6.08. The Bertz CT molecular complexity index is 874. The molecule has 6 heteroatoms. The van der Waals surface area contributed by atoms with E-state index < -0.39 is 0 Å². The standard InChI is InChI=1S/C20H20N2O4/c1-3-25-17-9-5-6-13-10-15(12-26-18(13)17)20(24)22-16-8-4-7-14(11-16)19(23)21-2/h4-11H,3,12H2,1-2H3,(H,21,23)(H,22,24). The van der Waals surface area contributed by atoms with Gasteiger partial charge >= 0.3 is 0 Å². The van der Waals surface area contributed by atoms with Gasteiger partial charge in [-0.1, -0.05) is 18.2 Å². The number of para-hydroxylation sites is 1. The quantitative estimate of drug-likeness (QED) is 0.867. The van der Waals surface area contributed by atoms with Gasteiger partial charge in [0.25, 0.3) is 11.8 Å². The molecule has 0 saturated heterocycles. The predicted octanol–water partition coefficient (Wildman–Crippen LogP) is 2.86. The number of hydrogen-bond donors (Lipinski definition) is 2. The van der Waals surface area contributed by atoms with Gasteiger partial charge in [-0.05, 0) is 37.3 Å². The lowest BCUT2D eigenvalue weighted by molar-refractivity contribution is -0.113.